The van der Waals surface area contributed by atoms with E-state index in [1.54, 1.807) is 23.5 Å². The number of aryl methyl sites for hydroxylation is 1. The topological polar surface area (TPSA) is 64.4 Å². The van der Waals surface area contributed by atoms with Gasteiger partial charge in [0.25, 0.3) is 5.69 Å². The van der Waals surface area contributed by atoms with Crippen molar-refractivity contribution in [1.29, 1.82) is 0 Å². The third-order valence-corrected chi connectivity index (χ3v) is 4.73. The van der Waals surface area contributed by atoms with E-state index in [2.05, 4.69) is 16.8 Å². The number of rotatable bonds is 4. The minimum Gasteiger partial charge on any atom is -0.496 e. The molecule has 1 N–H and O–H groups in total. The molecule has 1 aromatic heterocycles. The smallest absolute Gasteiger partial charge is 0.275 e. The van der Waals surface area contributed by atoms with Crippen LogP contribution in [0.2, 0.25) is 0 Å². The minimum absolute atomic E-state index is 0.0400. The second-order valence-electron chi connectivity index (χ2n) is 5.07. The molecule has 1 aromatic carbocycles. The highest BCUT2D eigenvalue weighted by Gasteiger charge is 2.22. The van der Waals surface area contributed by atoms with Gasteiger partial charge in [-0.3, -0.25) is 10.1 Å². The van der Waals surface area contributed by atoms with Crippen molar-refractivity contribution in [3.8, 4) is 5.75 Å². The lowest BCUT2D eigenvalue weighted by Gasteiger charge is -2.24. The molecule has 1 aliphatic carbocycles. The van der Waals surface area contributed by atoms with E-state index in [-0.39, 0.29) is 11.7 Å². The Kier molecular flexibility index (Phi) is 3.79. The van der Waals surface area contributed by atoms with Crippen LogP contribution in [0.1, 0.15) is 29.3 Å². The molecule has 1 aliphatic rings. The normalized spacial score (nSPS) is 17.1. The molecule has 3 rings (SSSR count). The molecule has 0 fully saturated rings. The standard InChI is InChI=1S/C15H16N2O3S/c1-20-12-8-10(7-11(9-12)17(18)19)16-14-3-2-4-15-13(14)5-6-21-15/h5-9,14,16H,2-4H2,1H3. The molecular weight excluding hydrogens is 288 g/mol. The van der Waals surface area contributed by atoms with Crippen molar-refractivity contribution in [2.24, 2.45) is 0 Å². The van der Waals surface area contributed by atoms with Crippen molar-refractivity contribution >= 4 is 22.7 Å². The first-order valence-electron chi connectivity index (χ1n) is 6.83. The first kappa shape index (κ1) is 13.9. The van der Waals surface area contributed by atoms with Crippen molar-refractivity contribution in [1.82, 2.24) is 0 Å². The van der Waals surface area contributed by atoms with Crippen LogP contribution in [0.4, 0.5) is 11.4 Å². The summed E-state index contributed by atoms with van der Waals surface area (Å²) in [5.41, 5.74) is 2.08. The first-order valence-corrected chi connectivity index (χ1v) is 7.71. The maximum absolute atomic E-state index is 11.0. The fourth-order valence-corrected chi connectivity index (χ4v) is 3.71. The Morgan fingerprint density at radius 3 is 3.05 bits per heavy atom. The SMILES string of the molecule is COc1cc(NC2CCCc3sccc32)cc([N+](=O)[O-])c1. The van der Waals surface area contributed by atoms with E-state index in [1.807, 2.05) is 0 Å². The van der Waals surface area contributed by atoms with Gasteiger partial charge in [0.05, 0.1) is 24.1 Å². The Morgan fingerprint density at radius 1 is 1.43 bits per heavy atom. The summed E-state index contributed by atoms with van der Waals surface area (Å²) >= 11 is 1.78. The number of hydrogen-bond donors (Lipinski definition) is 1. The minimum atomic E-state index is -0.398. The van der Waals surface area contributed by atoms with E-state index in [4.69, 9.17) is 4.74 Å². The number of hydrogen-bond acceptors (Lipinski definition) is 5. The molecule has 0 radical (unpaired) electrons. The van der Waals surface area contributed by atoms with Crippen molar-refractivity contribution in [3.63, 3.8) is 0 Å². The highest BCUT2D eigenvalue weighted by Crippen LogP contribution is 2.36. The number of nitro groups is 1. The number of ether oxygens (including phenoxy) is 1. The molecule has 0 saturated carbocycles. The second kappa shape index (κ2) is 5.73. The van der Waals surface area contributed by atoms with Gasteiger partial charge < -0.3 is 10.1 Å². The van der Waals surface area contributed by atoms with Gasteiger partial charge in [0, 0.05) is 22.7 Å². The number of thiophene rings is 1. The predicted molar refractivity (Wildman–Crippen MR) is 83.3 cm³/mol. The lowest BCUT2D eigenvalue weighted by Crippen LogP contribution is -2.15. The molecular formula is C15H16N2O3S. The highest BCUT2D eigenvalue weighted by molar-refractivity contribution is 7.10. The number of nitrogens with one attached hydrogen (secondary N) is 1. The molecule has 21 heavy (non-hydrogen) atoms. The molecule has 1 atom stereocenters. The molecule has 0 spiro atoms. The monoisotopic (exact) mass is 304 g/mol. The third-order valence-electron chi connectivity index (χ3n) is 3.73. The summed E-state index contributed by atoms with van der Waals surface area (Å²) in [7, 11) is 1.51. The van der Waals surface area contributed by atoms with E-state index in [9.17, 15) is 10.1 Å². The van der Waals surface area contributed by atoms with Gasteiger partial charge in [-0.25, -0.2) is 0 Å². The quantitative estimate of drug-likeness (QED) is 0.680. The predicted octanol–water partition coefficient (Wildman–Crippen LogP) is 4.15. The van der Waals surface area contributed by atoms with Gasteiger partial charge >= 0.3 is 0 Å². The van der Waals surface area contributed by atoms with Crippen molar-refractivity contribution in [2.45, 2.75) is 25.3 Å². The van der Waals surface area contributed by atoms with Gasteiger partial charge in [-0.05, 0) is 36.3 Å². The van der Waals surface area contributed by atoms with Gasteiger partial charge in [0.1, 0.15) is 5.75 Å². The molecule has 1 unspecified atom stereocenters. The number of fused-ring (bicyclic) bond motifs is 1. The average molecular weight is 304 g/mol. The van der Waals surface area contributed by atoms with E-state index in [0.717, 1.165) is 24.9 Å². The molecule has 2 aromatic rings. The van der Waals surface area contributed by atoms with E-state index in [0.29, 0.717) is 5.75 Å². The zero-order valence-electron chi connectivity index (χ0n) is 11.7. The summed E-state index contributed by atoms with van der Waals surface area (Å²) in [5, 5.41) is 16.5. The number of methoxy groups -OCH3 is 1. The molecule has 0 bridgehead atoms. The largest absolute Gasteiger partial charge is 0.496 e. The van der Waals surface area contributed by atoms with E-state index in [1.165, 1.54) is 23.6 Å². The molecule has 110 valence electrons. The van der Waals surface area contributed by atoms with Gasteiger partial charge in [-0.1, -0.05) is 0 Å². The Labute approximate surface area is 126 Å². The Balaban J connectivity index is 1.89. The number of benzene rings is 1. The van der Waals surface area contributed by atoms with Crippen molar-refractivity contribution in [2.75, 3.05) is 12.4 Å². The summed E-state index contributed by atoms with van der Waals surface area (Å²) < 4.78 is 5.15. The average Bonchev–Trinajstić information content (AvgIpc) is 2.96. The number of anilines is 1. The zero-order chi connectivity index (χ0) is 14.8. The van der Waals surface area contributed by atoms with Crippen LogP contribution in [-0.2, 0) is 6.42 Å². The van der Waals surface area contributed by atoms with Crippen LogP contribution in [0.15, 0.2) is 29.6 Å². The van der Waals surface area contributed by atoms with Crippen molar-refractivity contribution < 1.29 is 9.66 Å². The molecule has 1 heterocycles. The zero-order valence-corrected chi connectivity index (χ0v) is 12.5. The van der Waals surface area contributed by atoms with Gasteiger partial charge in [0.15, 0.2) is 0 Å². The second-order valence-corrected chi connectivity index (χ2v) is 6.07. The van der Waals surface area contributed by atoms with E-state index >= 15 is 0 Å². The fourth-order valence-electron chi connectivity index (χ4n) is 2.73. The number of non-ortho nitro benzene ring substituents is 1. The van der Waals surface area contributed by atoms with Gasteiger partial charge in [0.2, 0.25) is 0 Å². The van der Waals surface area contributed by atoms with Crippen molar-refractivity contribution in [3.05, 3.63) is 50.2 Å². The lowest BCUT2D eigenvalue weighted by molar-refractivity contribution is -0.384. The molecule has 0 saturated heterocycles. The number of nitrogens with zero attached hydrogens (tertiary/aromatic N) is 1. The molecule has 6 heteroatoms. The van der Waals surface area contributed by atoms with E-state index < -0.39 is 4.92 Å². The Bertz CT molecular complexity index is 669. The molecule has 0 amide bonds. The maximum atomic E-state index is 11.0. The lowest BCUT2D eigenvalue weighted by atomic mass is 9.94. The molecule has 0 aliphatic heterocycles. The van der Waals surface area contributed by atoms with Crippen LogP contribution >= 0.6 is 11.3 Å². The number of nitro benzene ring substituents is 1. The van der Waals surface area contributed by atoms with Crippen LogP contribution in [-0.4, -0.2) is 12.0 Å². The Hall–Kier alpha value is -2.08. The maximum Gasteiger partial charge on any atom is 0.275 e. The van der Waals surface area contributed by atoms with Gasteiger partial charge in [-0.2, -0.15) is 0 Å². The molecule has 5 nitrogen and oxygen atoms in total. The summed E-state index contributed by atoms with van der Waals surface area (Å²) in [6.45, 7) is 0. The van der Waals surface area contributed by atoms with Crippen LogP contribution in [0.5, 0.6) is 5.75 Å². The van der Waals surface area contributed by atoms with Crippen LogP contribution < -0.4 is 10.1 Å². The summed E-state index contributed by atoms with van der Waals surface area (Å²) in [6, 6.07) is 7.15. The summed E-state index contributed by atoms with van der Waals surface area (Å²) in [4.78, 5) is 12.0. The fraction of sp³-hybridized carbons (Fsp3) is 0.333. The third kappa shape index (κ3) is 2.85. The Morgan fingerprint density at radius 2 is 2.29 bits per heavy atom. The highest BCUT2D eigenvalue weighted by atomic mass is 32.1. The summed E-state index contributed by atoms with van der Waals surface area (Å²) in [5.74, 6) is 0.494. The summed E-state index contributed by atoms with van der Waals surface area (Å²) in [6.07, 6.45) is 3.30. The first-order chi connectivity index (χ1) is 10.2. The van der Waals surface area contributed by atoms with Crippen LogP contribution in [0.3, 0.4) is 0 Å². The van der Waals surface area contributed by atoms with Crippen LogP contribution in [0.25, 0.3) is 0 Å². The van der Waals surface area contributed by atoms with Crippen LogP contribution in [0, 0.1) is 10.1 Å². The van der Waals surface area contributed by atoms with Gasteiger partial charge in [-0.15, -0.1) is 11.3 Å².